The quantitative estimate of drug-likeness (QED) is 0.721. The SMILES string of the molecule is COCCNCC1CCN(S(=O)(=O)CC(C)(C)C)CC1. The second-order valence-electron chi connectivity index (χ2n) is 6.86. The molecule has 1 rings (SSSR count). The lowest BCUT2D eigenvalue weighted by atomic mass is 9.98. The van der Waals surface area contributed by atoms with Gasteiger partial charge in [0.25, 0.3) is 0 Å². The lowest BCUT2D eigenvalue weighted by molar-refractivity contribution is 0.194. The summed E-state index contributed by atoms with van der Waals surface area (Å²) in [6, 6.07) is 0. The van der Waals surface area contributed by atoms with Crippen LogP contribution in [-0.4, -0.2) is 58.4 Å². The van der Waals surface area contributed by atoms with Crippen LogP contribution in [0, 0.1) is 11.3 Å². The molecular formula is C14H30N2O3S. The van der Waals surface area contributed by atoms with E-state index in [1.54, 1.807) is 11.4 Å². The minimum atomic E-state index is -3.10. The number of nitrogens with one attached hydrogen (secondary N) is 1. The van der Waals surface area contributed by atoms with Gasteiger partial charge >= 0.3 is 0 Å². The van der Waals surface area contributed by atoms with Gasteiger partial charge in [-0.3, -0.25) is 0 Å². The zero-order valence-corrected chi connectivity index (χ0v) is 14.1. The molecule has 0 bridgehead atoms. The van der Waals surface area contributed by atoms with Crippen LogP contribution in [0.1, 0.15) is 33.6 Å². The predicted octanol–water partition coefficient (Wildman–Crippen LogP) is 1.31. The molecule has 1 N–H and O–H groups in total. The third-order valence-electron chi connectivity index (χ3n) is 3.50. The van der Waals surface area contributed by atoms with Crippen molar-refractivity contribution in [1.29, 1.82) is 0 Å². The van der Waals surface area contributed by atoms with E-state index in [2.05, 4.69) is 5.32 Å². The third kappa shape index (κ3) is 6.52. The van der Waals surface area contributed by atoms with Crippen LogP contribution in [0.3, 0.4) is 0 Å². The van der Waals surface area contributed by atoms with Gasteiger partial charge in [0.1, 0.15) is 0 Å². The average molecular weight is 306 g/mol. The highest BCUT2D eigenvalue weighted by Gasteiger charge is 2.31. The van der Waals surface area contributed by atoms with E-state index in [-0.39, 0.29) is 11.2 Å². The topological polar surface area (TPSA) is 58.6 Å². The van der Waals surface area contributed by atoms with Crippen molar-refractivity contribution in [2.45, 2.75) is 33.6 Å². The molecule has 1 heterocycles. The van der Waals surface area contributed by atoms with Crippen LogP contribution in [0.5, 0.6) is 0 Å². The van der Waals surface area contributed by atoms with Gasteiger partial charge in [-0.05, 0) is 30.7 Å². The standard InChI is InChI=1S/C14H30N2O3S/c1-14(2,3)12-20(17,18)16-8-5-13(6-9-16)11-15-7-10-19-4/h13,15H,5-12H2,1-4H3. The molecule has 0 amide bonds. The molecule has 20 heavy (non-hydrogen) atoms. The number of nitrogens with zero attached hydrogens (tertiary/aromatic N) is 1. The van der Waals surface area contributed by atoms with E-state index in [4.69, 9.17) is 4.74 Å². The van der Waals surface area contributed by atoms with Crippen LogP contribution in [0.25, 0.3) is 0 Å². The predicted molar refractivity (Wildman–Crippen MR) is 82.3 cm³/mol. The summed E-state index contributed by atoms with van der Waals surface area (Å²) in [6.45, 7) is 9.77. The van der Waals surface area contributed by atoms with Crippen molar-refractivity contribution < 1.29 is 13.2 Å². The minimum Gasteiger partial charge on any atom is -0.383 e. The molecule has 5 nitrogen and oxygen atoms in total. The Balaban J connectivity index is 2.34. The Morgan fingerprint density at radius 1 is 1.25 bits per heavy atom. The summed E-state index contributed by atoms with van der Waals surface area (Å²) < 4.78 is 31.3. The highest BCUT2D eigenvalue weighted by Crippen LogP contribution is 2.23. The van der Waals surface area contributed by atoms with Crippen LogP contribution in [-0.2, 0) is 14.8 Å². The first-order valence-electron chi connectivity index (χ1n) is 7.42. The van der Waals surface area contributed by atoms with Gasteiger partial charge < -0.3 is 10.1 Å². The maximum Gasteiger partial charge on any atom is 0.214 e. The number of hydrogen-bond donors (Lipinski definition) is 1. The lowest BCUT2D eigenvalue weighted by Crippen LogP contribution is -2.43. The minimum absolute atomic E-state index is 0.183. The summed E-state index contributed by atoms with van der Waals surface area (Å²) in [6.07, 6.45) is 1.90. The number of piperidine rings is 1. The molecule has 0 spiro atoms. The molecule has 0 aromatic heterocycles. The number of ether oxygens (including phenoxy) is 1. The summed E-state index contributed by atoms with van der Waals surface area (Å²) in [5.41, 5.74) is -0.183. The van der Waals surface area contributed by atoms with Gasteiger partial charge in [0.15, 0.2) is 0 Å². The van der Waals surface area contributed by atoms with E-state index < -0.39 is 10.0 Å². The van der Waals surface area contributed by atoms with Crippen LogP contribution in [0.4, 0.5) is 0 Å². The summed E-state index contributed by atoms with van der Waals surface area (Å²) in [5, 5.41) is 3.35. The smallest absolute Gasteiger partial charge is 0.214 e. The second-order valence-corrected chi connectivity index (χ2v) is 8.83. The third-order valence-corrected chi connectivity index (χ3v) is 5.88. The molecule has 0 atom stereocenters. The first-order chi connectivity index (χ1) is 9.24. The van der Waals surface area contributed by atoms with Crippen molar-refractivity contribution in [3.8, 4) is 0 Å². The van der Waals surface area contributed by atoms with Gasteiger partial charge in [0.05, 0.1) is 12.4 Å². The highest BCUT2D eigenvalue weighted by molar-refractivity contribution is 7.89. The molecule has 0 aromatic carbocycles. The van der Waals surface area contributed by atoms with E-state index in [0.717, 1.165) is 32.5 Å². The van der Waals surface area contributed by atoms with E-state index in [1.165, 1.54) is 0 Å². The summed E-state index contributed by atoms with van der Waals surface area (Å²) >= 11 is 0. The monoisotopic (exact) mass is 306 g/mol. The summed E-state index contributed by atoms with van der Waals surface area (Å²) in [5.74, 6) is 0.810. The zero-order chi connectivity index (χ0) is 15.2. The number of hydrogen-bond acceptors (Lipinski definition) is 4. The van der Waals surface area contributed by atoms with Gasteiger partial charge in [-0.15, -0.1) is 0 Å². The number of sulfonamides is 1. The molecule has 0 aliphatic carbocycles. The fourth-order valence-corrected chi connectivity index (χ4v) is 4.55. The first kappa shape index (κ1) is 17.9. The Kier molecular flexibility index (Phi) is 6.91. The molecule has 1 fully saturated rings. The maximum absolute atomic E-state index is 12.3. The van der Waals surface area contributed by atoms with Crippen molar-refractivity contribution in [2.24, 2.45) is 11.3 Å². The second kappa shape index (κ2) is 7.73. The summed E-state index contributed by atoms with van der Waals surface area (Å²) in [4.78, 5) is 0. The van der Waals surface area contributed by atoms with E-state index >= 15 is 0 Å². The first-order valence-corrected chi connectivity index (χ1v) is 9.03. The molecule has 6 heteroatoms. The highest BCUT2D eigenvalue weighted by atomic mass is 32.2. The molecule has 0 radical (unpaired) electrons. The van der Waals surface area contributed by atoms with Crippen molar-refractivity contribution in [2.75, 3.05) is 45.6 Å². The summed E-state index contributed by atoms with van der Waals surface area (Å²) in [7, 11) is -1.41. The fraction of sp³-hybridized carbons (Fsp3) is 1.00. The molecule has 0 aromatic rings. The Morgan fingerprint density at radius 3 is 2.35 bits per heavy atom. The van der Waals surface area contributed by atoms with E-state index in [1.807, 2.05) is 20.8 Å². The number of methoxy groups -OCH3 is 1. The lowest BCUT2D eigenvalue weighted by Gasteiger charge is -2.33. The van der Waals surface area contributed by atoms with Crippen LogP contribution in [0.2, 0.25) is 0 Å². The molecule has 0 saturated carbocycles. The Bertz CT molecular complexity index is 368. The average Bonchev–Trinajstić information content (AvgIpc) is 2.32. The van der Waals surface area contributed by atoms with Crippen molar-refractivity contribution in [1.82, 2.24) is 9.62 Å². The van der Waals surface area contributed by atoms with Gasteiger partial charge in [0.2, 0.25) is 10.0 Å². The molecule has 0 unspecified atom stereocenters. The van der Waals surface area contributed by atoms with Crippen molar-refractivity contribution in [3.05, 3.63) is 0 Å². The van der Waals surface area contributed by atoms with Crippen molar-refractivity contribution >= 4 is 10.0 Å². The normalized spacial score (nSPS) is 19.4. The van der Waals surface area contributed by atoms with Crippen molar-refractivity contribution in [3.63, 3.8) is 0 Å². The zero-order valence-electron chi connectivity index (χ0n) is 13.3. The van der Waals surface area contributed by atoms with E-state index in [9.17, 15) is 8.42 Å². The van der Waals surface area contributed by atoms with Crippen LogP contribution in [0.15, 0.2) is 0 Å². The van der Waals surface area contributed by atoms with Crippen LogP contribution >= 0.6 is 0 Å². The van der Waals surface area contributed by atoms with Gasteiger partial charge in [-0.1, -0.05) is 20.8 Å². The Hall–Kier alpha value is -0.170. The van der Waals surface area contributed by atoms with Crippen LogP contribution < -0.4 is 5.32 Å². The Morgan fingerprint density at radius 2 is 1.85 bits per heavy atom. The Labute approximate surface area is 124 Å². The largest absolute Gasteiger partial charge is 0.383 e. The molecule has 120 valence electrons. The number of rotatable bonds is 7. The molecule has 1 aliphatic rings. The van der Waals surface area contributed by atoms with Gasteiger partial charge in [0, 0.05) is 26.7 Å². The molecule has 1 aliphatic heterocycles. The fourth-order valence-electron chi connectivity index (χ4n) is 2.51. The van der Waals surface area contributed by atoms with Gasteiger partial charge in [-0.25, -0.2) is 12.7 Å². The van der Waals surface area contributed by atoms with E-state index in [0.29, 0.717) is 19.0 Å². The molecule has 1 saturated heterocycles. The maximum atomic E-state index is 12.3. The van der Waals surface area contributed by atoms with Gasteiger partial charge in [-0.2, -0.15) is 0 Å². The molecular weight excluding hydrogens is 276 g/mol.